The SMILES string of the molecule is COc1ccc(C(OCC2CN(C(=O)CCCCCCCCCCCCCCCOC3OC(COC(C)=O)C(OC(C)=O)C(OC(C)=O)C3NC(C)=O)CCC2OP(OCCC#N)N(C(C)C)C(C)C)(c2ccccc2)c2ccc(OC)cc2)cc1. The number of carbonyl (C=O) groups excluding carboxylic acids is 5. The molecule has 2 heterocycles. The molecule has 5 rings (SSSR count). The molecule has 0 aromatic heterocycles. The van der Waals surface area contributed by atoms with Crippen molar-refractivity contribution in [2.24, 2.45) is 5.92 Å². The second-order valence-electron chi connectivity index (χ2n) is 22.8. The van der Waals surface area contributed by atoms with E-state index in [-0.39, 0.29) is 56.3 Å². The predicted octanol–water partition coefficient (Wildman–Crippen LogP) is 11.7. The van der Waals surface area contributed by atoms with Crippen LogP contribution in [0.15, 0.2) is 78.9 Å². The van der Waals surface area contributed by atoms with Crippen LogP contribution in [0.3, 0.4) is 0 Å². The molecule has 0 aliphatic carbocycles. The molecule has 19 nitrogen and oxygen atoms in total. The van der Waals surface area contributed by atoms with Crippen molar-refractivity contribution in [1.82, 2.24) is 14.9 Å². The quantitative estimate of drug-likeness (QED) is 0.0185. The Morgan fingerprint density at radius 2 is 1.21 bits per heavy atom. The van der Waals surface area contributed by atoms with Crippen LogP contribution >= 0.6 is 8.53 Å². The van der Waals surface area contributed by atoms with E-state index in [1.54, 1.807) is 14.2 Å². The molecule has 8 atom stereocenters. The van der Waals surface area contributed by atoms with Gasteiger partial charge in [0.05, 0.1) is 46.0 Å². The lowest BCUT2D eigenvalue weighted by Gasteiger charge is -2.44. The van der Waals surface area contributed by atoms with Crippen LogP contribution in [-0.2, 0) is 67.0 Å². The summed E-state index contributed by atoms with van der Waals surface area (Å²) < 4.78 is 62.9. The van der Waals surface area contributed by atoms with Gasteiger partial charge < -0.3 is 57.2 Å². The highest BCUT2D eigenvalue weighted by Crippen LogP contribution is 2.50. The van der Waals surface area contributed by atoms with E-state index in [1.165, 1.54) is 40.5 Å². The number of nitriles is 1. The number of methoxy groups -OCH3 is 2. The van der Waals surface area contributed by atoms with Gasteiger partial charge in [-0.15, -0.1) is 0 Å². The van der Waals surface area contributed by atoms with Crippen molar-refractivity contribution in [3.63, 3.8) is 0 Å². The van der Waals surface area contributed by atoms with E-state index in [1.807, 2.05) is 71.6 Å². The van der Waals surface area contributed by atoms with Gasteiger partial charge in [-0.2, -0.15) is 5.26 Å². The van der Waals surface area contributed by atoms with Crippen molar-refractivity contribution < 1.29 is 70.9 Å². The Hall–Kier alpha value is -5.71. The first kappa shape index (κ1) is 71.0. The third-order valence-electron chi connectivity index (χ3n) is 15.5. The molecule has 0 bridgehead atoms. The number of carbonyl (C=O) groups is 5. The molecule has 8 unspecified atom stereocenters. The molecule has 0 radical (unpaired) electrons. The minimum Gasteiger partial charge on any atom is -0.497 e. The van der Waals surface area contributed by atoms with Crippen LogP contribution in [0.25, 0.3) is 0 Å². The van der Waals surface area contributed by atoms with Gasteiger partial charge in [-0.1, -0.05) is 125 Å². The summed E-state index contributed by atoms with van der Waals surface area (Å²) in [6.07, 6.45) is 10.3. The lowest BCUT2D eigenvalue weighted by molar-refractivity contribution is -0.277. The molecule has 20 heteroatoms. The fourth-order valence-corrected chi connectivity index (χ4v) is 13.2. The summed E-state index contributed by atoms with van der Waals surface area (Å²) in [5.74, 6) is -0.934. The molecule has 86 heavy (non-hydrogen) atoms. The van der Waals surface area contributed by atoms with Crippen LogP contribution in [0, 0.1) is 17.2 Å². The minimum atomic E-state index is -1.56. The Morgan fingerprint density at radius 1 is 0.686 bits per heavy atom. The number of likely N-dealkylation sites (tertiary alicyclic amines) is 1. The van der Waals surface area contributed by atoms with E-state index >= 15 is 0 Å². The normalized spacial score (nSPS) is 20.0. The summed E-state index contributed by atoms with van der Waals surface area (Å²) in [6.45, 7) is 15.0. The van der Waals surface area contributed by atoms with Crippen LogP contribution in [0.4, 0.5) is 0 Å². The van der Waals surface area contributed by atoms with Gasteiger partial charge in [0.25, 0.3) is 8.53 Å². The second kappa shape index (κ2) is 37.9. The summed E-state index contributed by atoms with van der Waals surface area (Å²) in [5.41, 5.74) is 1.71. The lowest BCUT2D eigenvalue weighted by Crippen LogP contribution is -2.66. The van der Waals surface area contributed by atoms with Crippen molar-refractivity contribution in [3.05, 3.63) is 95.6 Å². The van der Waals surface area contributed by atoms with E-state index in [9.17, 15) is 29.2 Å². The summed E-state index contributed by atoms with van der Waals surface area (Å²) in [7, 11) is 1.75. The number of nitrogens with one attached hydrogen (secondary N) is 1. The van der Waals surface area contributed by atoms with Crippen LogP contribution in [0.5, 0.6) is 11.5 Å². The van der Waals surface area contributed by atoms with Gasteiger partial charge in [0.15, 0.2) is 18.5 Å². The highest BCUT2D eigenvalue weighted by Gasteiger charge is 2.51. The first-order valence-corrected chi connectivity index (χ1v) is 32.1. The topological polar surface area (TPSA) is 220 Å². The Balaban J connectivity index is 1.11. The molecule has 1 N–H and O–H groups in total. The third kappa shape index (κ3) is 22.5. The Kier molecular flexibility index (Phi) is 31.3. The zero-order chi connectivity index (χ0) is 62.4. The van der Waals surface area contributed by atoms with Gasteiger partial charge in [0, 0.05) is 71.8 Å². The van der Waals surface area contributed by atoms with Gasteiger partial charge in [-0.3, -0.25) is 24.0 Å². The maximum atomic E-state index is 14.2. The Bertz CT molecular complexity index is 2480. The molecule has 0 spiro atoms. The highest BCUT2D eigenvalue weighted by molar-refractivity contribution is 7.44. The Morgan fingerprint density at radius 3 is 1.71 bits per heavy atom. The van der Waals surface area contributed by atoms with Crippen molar-refractivity contribution in [2.75, 3.05) is 53.7 Å². The van der Waals surface area contributed by atoms with Gasteiger partial charge >= 0.3 is 17.9 Å². The number of rotatable bonds is 38. The number of hydrogen-bond donors (Lipinski definition) is 1. The highest BCUT2D eigenvalue weighted by atomic mass is 31.2. The van der Waals surface area contributed by atoms with Gasteiger partial charge in [-0.25, -0.2) is 4.67 Å². The average Bonchev–Trinajstić information content (AvgIpc) is 0.963. The maximum absolute atomic E-state index is 14.2. The maximum Gasteiger partial charge on any atom is 0.303 e. The molecule has 3 aromatic rings. The van der Waals surface area contributed by atoms with E-state index < -0.39 is 68.6 Å². The molecule has 2 amide bonds. The molecule has 3 aromatic carbocycles. The fourth-order valence-electron chi connectivity index (χ4n) is 11.4. The van der Waals surface area contributed by atoms with E-state index in [0.717, 1.165) is 98.8 Å². The summed E-state index contributed by atoms with van der Waals surface area (Å²) in [5, 5.41) is 12.2. The molecule has 2 fully saturated rings. The Labute approximate surface area is 512 Å². The molecule has 476 valence electrons. The van der Waals surface area contributed by atoms with Crippen molar-refractivity contribution >= 4 is 38.2 Å². The monoisotopic (exact) mass is 1220 g/mol. The van der Waals surface area contributed by atoms with Gasteiger partial charge in [0.1, 0.15) is 35.9 Å². The number of amides is 2. The molecule has 0 saturated carbocycles. The van der Waals surface area contributed by atoms with Crippen molar-refractivity contribution in [1.29, 1.82) is 5.26 Å². The van der Waals surface area contributed by atoms with E-state index in [0.29, 0.717) is 32.5 Å². The largest absolute Gasteiger partial charge is 0.497 e. The number of unbranched alkanes of at least 4 members (excludes halogenated alkanes) is 12. The molecule has 2 aliphatic heterocycles. The first-order valence-electron chi connectivity index (χ1n) is 31.0. The van der Waals surface area contributed by atoms with Gasteiger partial charge in [-0.05, 0) is 87.9 Å². The van der Waals surface area contributed by atoms with Crippen LogP contribution in [0.2, 0.25) is 0 Å². The second-order valence-corrected chi connectivity index (χ2v) is 24.2. The standard InChI is InChI=1S/C66H97N4O15P/c1-47(2)70(48(3)4)86(81-43-27-40-67)85-59-39-41-69(44-53(59)45-80-66(54-28-23-22-24-29-54,55-31-35-57(76-9)36-32-55)56-33-37-58(77-10)38-34-56)61(75)30-25-20-18-16-14-12-11-13-15-17-19-21-26-42-78-65-62(68-49(5)71)64(83-52(8)74)63(82-51(7)73)60(84-65)46-79-50(6)72/h22-24,28-29,31-38,47-48,53,59-60,62-65H,11-21,25-27,30,39,41-46H2,1-10H3,(H,68,71). The van der Waals surface area contributed by atoms with Crippen LogP contribution in [-0.4, -0.2) is 142 Å². The smallest absolute Gasteiger partial charge is 0.303 e. The summed E-state index contributed by atoms with van der Waals surface area (Å²) in [4.78, 5) is 64.3. The number of ether oxygens (including phenoxy) is 8. The minimum absolute atomic E-state index is 0.121. The van der Waals surface area contributed by atoms with Crippen LogP contribution < -0.4 is 14.8 Å². The first-order chi connectivity index (χ1) is 41.4. The summed E-state index contributed by atoms with van der Waals surface area (Å²) in [6, 6.07) is 27.7. The molecule has 2 saturated heterocycles. The van der Waals surface area contributed by atoms with Crippen LogP contribution in [0.1, 0.15) is 175 Å². The number of esters is 3. The zero-order valence-corrected chi connectivity index (χ0v) is 53.6. The predicted molar refractivity (Wildman–Crippen MR) is 328 cm³/mol. The number of nitrogens with zero attached hydrogens (tertiary/aromatic N) is 3. The number of piperidine rings is 1. The third-order valence-corrected chi connectivity index (χ3v) is 17.6. The van der Waals surface area contributed by atoms with E-state index in [4.69, 9.17) is 46.9 Å². The zero-order valence-electron chi connectivity index (χ0n) is 52.7. The van der Waals surface area contributed by atoms with E-state index in [2.05, 4.69) is 55.9 Å². The van der Waals surface area contributed by atoms with Crippen molar-refractivity contribution in [2.45, 2.75) is 213 Å². The molecular weight excluding hydrogens is 1120 g/mol. The lowest BCUT2D eigenvalue weighted by atomic mass is 9.79. The van der Waals surface area contributed by atoms with Gasteiger partial charge in [0.2, 0.25) is 11.8 Å². The average molecular weight is 1220 g/mol. The molecule has 2 aliphatic rings. The summed E-state index contributed by atoms with van der Waals surface area (Å²) >= 11 is 0. The molecular formula is C66H97N4O15P. The number of hydrogen-bond acceptors (Lipinski definition) is 17. The van der Waals surface area contributed by atoms with Crippen molar-refractivity contribution in [3.8, 4) is 17.6 Å². The number of benzene rings is 3. The fraction of sp³-hybridized carbons (Fsp3) is 0.636.